The second kappa shape index (κ2) is 12.1. The van der Waals surface area contributed by atoms with Crippen LogP contribution in [0, 0.1) is 0 Å². The summed E-state index contributed by atoms with van der Waals surface area (Å²) in [5.74, 6) is 2.49. The molecule has 3 aromatic heterocycles. The smallest absolute Gasteiger partial charge is 0.164 e. The van der Waals surface area contributed by atoms with Gasteiger partial charge in [-0.25, -0.2) is 24.9 Å². The molecule has 0 spiro atoms. The zero-order valence-electron chi connectivity index (χ0n) is 26.3. The van der Waals surface area contributed by atoms with Gasteiger partial charge in [0.05, 0.1) is 16.6 Å². The van der Waals surface area contributed by atoms with Crippen LogP contribution in [0.1, 0.15) is 0 Å². The van der Waals surface area contributed by atoms with Gasteiger partial charge in [0.15, 0.2) is 23.3 Å². The Kier molecular flexibility index (Phi) is 7.02. The van der Waals surface area contributed by atoms with Crippen LogP contribution in [0.2, 0.25) is 0 Å². The molecule has 0 amide bonds. The molecule has 3 heterocycles. The number of fused-ring (bicyclic) bond motifs is 3. The van der Waals surface area contributed by atoms with E-state index in [1.54, 1.807) is 0 Å². The lowest BCUT2D eigenvalue weighted by atomic mass is 10.0. The Morgan fingerprint density at radius 3 is 1.39 bits per heavy atom. The molecule has 0 aliphatic heterocycles. The van der Waals surface area contributed by atoms with Gasteiger partial charge in [-0.3, -0.25) is 4.57 Å². The van der Waals surface area contributed by atoms with Crippen LogP contribution in [-0.2, 0) is 0 Å². The molecular formula is C43H28N6. The highest BCUT2D eigenvalue weighted by Gasteiger charge is 2.21. The molecule has 0 saturated heterocycles. The van der Waals surface area contributed by atoms with Gasteiger partial charge >= 0.3 is 0 Å². The normalized spacial score (nSPS) is 11.3. The maximum atomic E-state index is 5.29. The molecule has 0 unspecified atom stereocenters. The fraction of sp³-hybridized carbons (Fsp3) is 0. The molecule has 230 valence electrons. The van der Waals surface area contributed by atoms with Gasteiger partial charge in [-0.2, -0.15) is 0 Å². The molecule has 0 bridgehead atoms. The quantitative estimate of drug-likeness (QED) is 0.183. The van der Waals surface area contributed by atoms with Crippen molar-refractivity contribution < 1.29 is 0 Å². The minimum Gasteiger partial charge on any atom is -0.294 e. The first-order valence-corrected chi connectivity index (χ1v) is 16.2. The fourth-order valence-corrected chi connectivity index (χ4v) is 6.36. The number of hydrogen-bond donors (Lipinski definition) is 0. The van der Waals surface area contributed by atoms with Crippen LogP contribution in [-0.4, -0.2) is 29.5 Å². The highest BCUT2D eigenvalue weighted by molar-refractivity contribution is 6.14. The molecule has 0 aliphatic rings. The van der Waals surface area contributed by atoms with Gasteiger partial charge < -0.3 is 0 Å². The molecule has 6 heteroatoms. The first kappa shape index (κ1) is 28.4. The summed E-state index contributed by atoms with van der Waals surface area (Å²) in [5.41, 5.74) is 8.42. The van der Waals surface area contributed by atoms with E-state index in [0.29, 0.717) is 23.3 Å². The highest BCUT2D eigenvalue weighted by Crippen LogP contribution is 2.39. The van der Waals surface area contributed by atoms with E-state index < -0.39 is 0 Å². The number of hydrogen-bond acceptors (Lipinski definition) is 5. The molecule has 0 atom stereocenters. The lowest BCUT2D eigenvalue weighted by molar-refractivity contribution is 1.07. The molecule has 6 aromatic carbocycles. The van der Waals surface area contributed by atoms with Crippen LogP contribution >= 0.6 is 0 Å². The van der Waals surface area contributed by atoms with E-state index in [2.05, 4.69) is 77.4 Å². The number of aromatic nitrogens is 6. The molecule has 6 nitrogen and oxygen atoms in total. The molecular weight excluding hydrogens is 601 g/mol. The average molecular weight is 629 g/mol. The molecule has 9 aromatic rings. The molecule has 0 N–H and O–H groups in total. The van der Waals surface area contributed by atoms with Crippen molar-refractivity contribution in [3.05, 3.63) is 170 Å². The predicted octanol–water partition coefficient (Wildman–Crippen LogP) is 10.1. The zero-order chi connectivity index (χ0) is 32.6. The number of rotatable bonds is 6. The number of para-hydroxylation sites is 2. The Labute approximate surface area is 283 Å². The molecule has 49 heavy (non-hydrogen) atoms. The van der Waals surface area contributed by atoms with E-state index in [4.69, 9.17) is 24.9 Å². The summed E-state index contributed by atoms with van der Waals surface area (Å²) in [6.07, 6.45) is 0. The van der Waals surface area contributed by atoms with E-state index in [0.717, 1.165) is 61.1 Å². The predicted molar refractivity (Wildman–Crippen MR) is 197 cm³/mol. The summed E-state index contributed by atoms with van der Waals surface area (Å²) in [4.78, 5) is 25.4. The first-order valence-electron chi connectivity index (χ1n) is 16.2. The minimum absolute atomic E-state index is 0.592. The Balaban J connectivity index is 1.30. The SMILES string of the molecule is c1ccc(-c2nc(-c3ccccc3)nc(-c3cccc(-c4nc(-c5ccccc5)nc5c4c4ccccc4n5-c4ccccc4)c3)n2)cc1. The monoisotopic (exact) mass is 628 g/mol. The summed E-state index contributed by atoms with van der Waals surface area (Å²) in [6, 6.07) is 57.4. The van der Waals surface area contributed by atoms with Crippen LogP contribution in [0.5, 0.6) is 0 Å². The number of benzene rings is 6. The Morgan fingerprint density at radius 2 is 0.796 bits per heavy atom. The third kappa shape index (κ3) is 5.22. The number of nitrogens with zero attached hydrogens (tertiary/aromatic N) is 6. The van der Waals surface area contributed by atoms with Gasteiger partial charge in [0, 0.05) is 38.9 Å². The average Bonchev–Trinajstić information content (AvgIpc) is 3.53. The van der Waals surface area contributed by atoms with Gasteiger partial charge in [0.1, 0.15) is 5.65 Å². The van der Waals surface area contributed by atoms with Crippen molar-refractivity contribution in [2.24, 2.45) is 0 Å². The lowest BCUT2D eigenvalue weighted by Crippen LogP contribution is -2.01. The third-order valence-corrected chi connectivity index (χ3v) is 8.66. The second-order valence-electron chi connectivity index (χ2n) is 11.8. The van der Waals surface area contributed by atoms with Gasteiger partial charge in [0.2, 0.25) is 0 Å². The zero-order valence-corrected chi connectivity index (χ0v) is 26.3. The van der Waals surface area contributed by atoms with Crippen LogP contribution < -0.4 is 0 Å². The summed E-state index contributed by atoms with van der Waals surface area (Å²) < 4.78 is 2.23. The fourth-order valence-electron chi connectivity index (χ4n) is 6.36. The third-order valence-electron chi connectivity index (χ3n) is 8.66. The Hall–Kier alpha value is -6.79. The van der Waals surface area contributed by atoms with E-state index in [1.807, 2.05) is 97.1 Å². The van der Waals surface area contributed by atoms with E-state index in [-0.39, 0.29) is 0 Å². The lowest BCUT2D eigenvalue weighted by Gasteiger charge is -2.12. The van der Waals surface area contributed by atoms with Crippen molar-refractivity contribution in [1.29, 1.82) is 0 Å². The van der Waals surface area contributed by atoms with E-state index >= 15 is 0 Å². The van der Waals surface area contributed by atoms with Crippen LogP contribution in [0.25, 0.3) is 84.4 Å². The van der Waals surface area contributed by atoms with Gasteiger partial charge in [0.25, 0.3) is 0 Å². The van der Waals surface area contributed by atoms with E-state index in [9.17, 15) is 0 Å². The molecule has 0 fully saturated rings. The van der Waals surface area contributed by atoms with Crippen molar-refractivity contribution in [1.82, 2.24) is 29.5 Å². The molecule has 9 rings (SSSR count). The Morgan fingerprint density at radius 1 is 0.347 bits per heavy atom. The van der Waals surface area contributed by atoms with Crippen molar-refractivity contribution >= 4 is 21.9 Å². The summed E-state index contributed by atoms with van der Waals surface area (Å²) in [6.45, 7) is 0. The van der Waals surface area contributed by atoms with Crippen LogP contribution in [0.15, 0.2) is 170 Å². The molecule has 0 aliphatic carbocycles. The highest BCUT2D eigenvalue weighted by atomic mass is 15.1. The van der Waals surface area contributed by atoms with Crippen LogP contribution in [0.3, 0.4) is 0 Å². The van der Waals surface area contributed by atoms with Crippen molar-refractivity contribution in [3.8, 4) is 62.5 Å². The minimum atomic E-state index is 0.592. The maximum Gasteiger partial charge on any atom is 0.164 e. The topological polar surface area (TPSA) is 69.4 Å². The summed E-state index contributed by atoms with van der Waals surface area (Å²) in [5, 5.41) is 2.07. The standard InChI is InChI=1S/C43H28N6/c1-5-16-29(17-6-1)39-44-38(37-35-26-13-14-27-36(35)49(43(37)48-39)34-24-11-4-12-25-34)32-22-15-23-33(28-32)42-46-40(30-18-7-2-8-19-30)45-41(47-42)31-20-9-3-10-21-31/h1-28H. The maximum absolute atomic E-state index is 5.29. The van der Waals surface area contributed by atoms with Gasteiger partial charge in [-0.1, -0.05) is 146 Å². The summed E-state index contributed by atoms with van der Waals surface area (Å²) in [7, 11) is 0. The van der Waals surface area contributed by atoms with Gasteiger partial charge in [-0.15, -0.1) is 0 Å². The first-order chi connectivity index (χ1) is 24.3. The molecule has 0 saturated carbocycles. The molecule has 0 radical (unpaired) electrons. The van der Waals surface area contributed by atoms with Crippen molar-refractivity contribution in [2.45, 2.75) is 0 Å². The second-order valence-corrected chi connectivity index (χ2v) is 11.8. The van der Waals surface area contributed by atoms with Crippen molar-refractivity contribution in [2.75, 3.05) is 0 Å². The van der Waals surface area contributed by atoms with E-state index in [1.165, 1.54) is 0 Å². The van der Waals surface area contributed by atoms with Crippen LogP contribution in [0.4, 0.5) is 0 Å². The largest absolute Gasteiger partial charge is 0.294 e. The van der Waals surface area contributed by atoms with Gasteiger partial charge in [-0.05, 0) is 24.3 Å². The van der Waals surface area contributed by atoms with Crippen molar-refractivity contribution in [3.63, 3.8) is 0 Å². The summed E-state index contributed by atoms with van der Waals surface area (Å²) >= 11 is 0. The Bertz CT molecular complexity index is 2520.